The summed E-state index contributed by atoms with van der Waals surface area (Å²) in [5.41, 5.74) is 0.861. The average molecular weight is 284 g/mol. The van der Waals surface area contributed by atoms with Crippen LogP contribution in [0.4, 0.5) is 5.82 Å². The van der Waals surface area contributed by atoms with Gasteiger partial charge < -0.3 is 10.0 Å². The summed E-state index contributed by atoms with van der Waals surface area (Å²) in [6.07, 6.45) is 1.88. The molecule has 2 rings (SSSR count). The maximum absolute atomic E-state index is 11.5. The maximum Gasteiger partial charge on any atom is 0.337 e. The van der Waals surface area contributed by atoms with Crippen molar-refractivity contribution in [1.29, 1.82) is 0 Å². The highest BCUT2D eigenvalue weighted by Gasteiger charge is 2.31. The fourth-order valence-electron chi connectivity index (χ4n) is 2.31. The first-order valence-corrected chi connectivity index (χ1v) is 7.75. The highest BCUT2D eigenvalue weighted by Crippen LogP contribution is 2.24. The Balaban J connectivity index is 2.25. The van der Waals surface area contributed by atoms with Crippen molar-refractivity contribution < 1.29 is 18.3 Å². The van der Waals surface area contributed by atoms with Gasteiger partial charge in [0.1, 0.15) is 5.82 Å². The fourth-order valence-corrected chi connectivity index (χ4v) is 4.08. The third-order valence-corrected chi connectivity index (χ3v) is 5.14. The summed E-state index contributed by atoms with van der Waals surface area (Å²) in [5.74, 6) is -0.0557. The zero-order chi connectivity index (χ0) is 14.2. The van der Waals surface area contributed by atoms with Crippen LogP contribution in [0.25, 0.3) is 0 Å². The van der Waals surface area contributed by atoms with E-state index < -0.39 is 15.8 Å². The van der Waals surface area contributed by atoms with E-state index in [1.165, 1.54) is 6.20 Å². The van der Waals surface area contributed by atoms with E-state index in [-0.39, 0.29) is 23.1 Å². The van der Waals surface area contributed by atoms with Crippen LogP contribution < -0.4 is 4.90 Å². The maximum atomic E-state index is 11.5. The molecule has 104 valence electrons. The predicted molar refractivity (Wildman–Crippen MR) is 71.4 cm³/mol. The molecule has 0 saturated carbocycles. The van der Waals surface area contributed by atoms with Crippen molar-refractivity contribution in [3.63, 3.8) is 0 Å². The molecule has 6 nitrogen and oxygen atoms in total. The van der Waals surface area contributed by atoms with Crippen molar-refractivity contribution in [1.82, 2.24) is 4.98 Å². The Labute approximate surface area is 112 Å². The Bertz CT molecular complexity index is 612. The quantitative estimate of drug-likeness (QED) is 0.879. The Hall–Kier alpha value is -1.63. The summed E-state index contributed by atoms with van der Waals surface area (Å²) in [5, 5.41) is 8.89. The molecule has 1 atom stereocenters. The first-order valence-electron chi connectivity index (χ1n) is 5.93. The molecule has 1 unspecified atom stereocenters. The highest BCUT2D eigenvalue weighted by molar-refractivity contribution is 7.91. The van der Waals surface area contributed by atoms with Crippen molar-refractivity contribution >= 4 is 21.6 Å². The fraction of sp³-hybridized carbons (Fsp3) is 0.500. The first-order chi connectivity index (χ1) is 8.80. The summed E-state index contributed by atoms with van der Waals surface area (Å²) in [7, 11) is -1.15. The lowest BCUT2D eigenvalue weighted by atomic mass is 10.1. The van der Waals surface area contributed by atoms with Crippen LogP contribution in [-0.2, 0) is 9.84 Å². The molecule has 0 aromatic carbocycles. The van der Waals surface area contributed by atoms with E-state index in [0.717, 1.165) is 5.56 Å². The molecule has 0 bridgehead atoms. The molecule has 1 aromatic heterocycles. The number of aryl methyl sites for hydroxylation is 1. The Morgan fingerprint density at radius 3 is 2.68 bits per heavy atom. The second kappa shape index (κ2) is 4.80. The molecular weight excluding hydrogens is 268 g/mol. The number of sulfone groups is 1. The van der Waals surface area contributed by atoms with Gasteiger partial charge in [0.15, 0.2) is 9.84 Å². The number of anilines is 1. The number of carbonyl (C=O) groups is 1. The molecule has 0 spiro atoms. The zero-order valence-electron chi connectivity index (χ0n) is 10.8. The van der Waals surface area contributed by atoms with E-state index >= 15 is 0 Å². The van der Waals surface area contributed by atoms with Gasteiger partial charge in [0.05, 0.1) is 17.1 Å². The minimum absolute atomic E-state index is 0.0909. The molecule has 0 aliphatic carbocycles. The molecule has 1 N–H and O–H groups in total. The molecule has 7 heteroatoms. The normalized spacial score (nSPS) is 21.3. The van der Waals surface area contributed by atoms with Crippen LogP contribution in [0.5, 0.6) is 0 Å². The van der Waals surface area contributed by atoms with Crippen LogP contribution in [0.15, 0.2) is 12.3 Å². The summed E-state index contributed by atoms with van der Waals surface area (Å²) in [6, 6.07) is 1.46. The van der Waals surface area contributed by atoms with Gasteiger partial charge in [-0.1, -0.05) is 0 Å². The van der Waals surface area contributed by atoms with E-state index in [9.17, 15) is 13.2 Å². The van der Waals surface area contributed by atoms with Crippen LogP contribution in [0.3, 0.4) is 0 Å². The van der Waals surface area contributed by atoms with E-state index in [0.29, 0.717) is 12.2 Å². The number of aromatic nitrogens is 1. The monoisotopic (exact) mass is 284 g/mol. The predicted octanol–water partition coefficient (Wildman–Crippen LogP) is 0.712. The number of nitrogens with zero attached hydrogens (tertiary/aromatic N) is 2. The molecule has 1 aliphatic rings. The SMILES string of the molecule is Cc1cc(C(=O)O)cnc1N(C)C1CCS(=O)(=O)C1. The molecule has 1 saturated heterocycles. The average Bonchev–Trinajstić information content (AvgIpc) is 2.68. The van der Waals surface area contributed by atoms with Crippen LogP contribution >= 0.6 is 0 Å². The Kier molecular flexibility index (Phi) is 3.49. The second-order valence-electron chi connectivity index (χ2n) is 4.84. The molecule has 1 aliphatic heterocycles. The molecule has 1 aromatic rings. The molecule has 0 radical (unpaired) electrons. The van der Waals surface area contributed by atoms with E-state index in [2.05, 4.69) is 4.98 Å². The van der Waals surface area contributed by atoms with Gasteiger partial charge in [0, 0.05) is 19.3 Å². The van der Waals surface area contributed by atoms with Gasteiger partial charge in [-0.2, -0.15) is 0 Å². The molecule has 0 amide bonds. The van der Waals surface area contributed by atoms with Gasteiger partial charge in [0.2, 0.25) is 0 Å². The minimum atomic E-state index is -2.95. The van der Waals surface area contributed by atoms with Crippen molar-refractivity contribution in [3.05, 3.63) is 23.4 Å². The Morgan fingerprint density at radius 1 is 1.53 bits per heavy atom. The highest BCUT2D eigenvalue weighted by atomic mass is 32.2. The van der Waals surface area contributed by atoms with Crippen LogP contribution in [0, 0.1) is 6.92 Å². The molecular formula is C12H16N2O4S. The second-order valence-corrected chi connectivity index (χ2v) is 7.07. The van der Waals surface area contributed by atoms with Crippen LogP contribution in [0.1, 0.15) is 22.3 Å². The largest absolute Gasteiger partial charge is 0.478 e. The lowest BCUT2D eigenvalue weighted by Crippen LogP contribution is -2.33. The topological polar surface area (TPSA) is 87.6 Å². The zero-order valence-corrected chi connectivity index (χ0v) is 11.6. The van der Waals surface area contributed by atoms with Crippen molar-refractivity contribution in [3.8, 4) is 0 Å². The number of hydrogen-bond acceptors (Lipinski definition) is 5. The van der Waals surface area contributed by atoms with Gasteiger partial charge in [0.25, 0.3) is 0 Å². The standard InChI is InChI=1S/C12H16N2O4S/c1-8-5-9(12(15)16)6-13-11(8)14(2)10-3-4-19(17,18)7-10/h5-6,10H,3-4,7H2,1-2H3,(H,15,16). The number of pyridine rings is 1. The van der Waals surface area contributed by atoms with E-state index in [4.69, 9.17) is 5.11 Å². The van der Waals surface area contributed by atoms with Crippen LogP contribution in [0.2, 0.25) is 0 Å². The van der Waals surface area contributed by atoms with E-state index in [1.54, 1.807) is 20.0 Å². The van der Waals surface area contributed by atoms with Crippen LogP contribution in [-0.4, -0.2) is 49.1 Å². The van der Waals surface area contributed by atoms with Crippen molar-refractivity contribution in [2.24, 2.45) is 0 Å². The van der Waals surface area contributed by atoms with Gasteiger partial charge in [-0.15, -0.1) is 0 Å². The molecule has 2 heterocycles. The number of rotatable bonds is 3. The van der Waals surface area contributed by atoms with Crippen molar-refractivity contribution in [2.75, 3.05) is 23.5 Å². The van der Waals surface area contributed by atoms with Gasteiger partial charge in [-0.25, -0.2) is 18.2 Å². The van der Waals surface area contributed by atoms with Gasteiger partial charge in [-0.05, 0) is 25.0 Å². The summed E-state index contributed by atoms with van der Waals surface area (Å²) >= 11 is 0. The number of aromatic carboxylic acids is 1. The number of hydrogen-bond donors (Lipinski definition) is 1. The lowest BCUT2D eigenvalue weighted by Gasteiger charge is -2.26. The molecule has 19 heavy (non-hydrogen) atoms. The minimum Gasteiger partial charge on any atom is -0.478 e. The summed E-state index contributed by atoms with van der Waals surface area (Å²) in [4.78, 5) is 16.8. The molecule has 1 fully saturated rings. The van der Waals surface area contributed by atoms with Gasteiger partial charge >= 0.3 is 5.97 Å². The third-order valence-electron chi connectivity index (χ3n) is 3.39. The number of carboxylic acid groups (broad SMARTS) is 1. The summed E-state index contributed by atoms with van der Waals surface area (Å²) in [6.45, 7) is 1.77. The van der Waals surface area contributed by atoms with Gasteiger partial charge in [-0.3, -0.25) is 0 Å². The number of carboxylic acids is 1. The smallest absolute Gasteiger partial charge is 0.337 e. The van der Waals surface area contributed by atoms with Crippen molar-refractivity contribution in [2.45, 2.75) is 19.4 Å². The Morgan fingerprint density at radius 2 is 2.21 bits per heavy atom. The lowest BCUT2D eigenvalue weighted by molar-refractivity contribution is 0.0696. The van der Waals surface area contributed by atoms with E-state index in [1.807, 2.05) is 4.90 Å². The third kappa shape index (κ3) is 2.86. The summed E-state index contributed by atoms with van der Waals surface area (Å²) < 4.78 is 23.0. The first kappa shape index (κ1) is 13.8.